The Morgan fingerprint density at radius 2 is 2.24 bits per heavy atom. The Labute approximate surface area is 106 Å². The van der Waals surface area contributed by atoms with E-state index in [0.29, 0.717) is 12.1 Å². The highest BCUT2D eigenvalue weighted by molar-refractivity contribution is 4.79. The molecular formula is C13H28N2O2. The number of morpholine rings is 1. The van der Waals surface area contributed by atoms with Crippen molar-refractivity contribution in [2.45, 2.75) is 44.9 Å². The molecule has 1 heterocycles. The molecule has 2 atom stereocenters. The average Bonchev–Trinajstić information content (AvgIpc) is 2.30. The molecule has 0 bridgehead atoms. The van der Waals surface area contributed by atoms with Crippen molar-refractivity contribution in [3.8, 4) is 0 Å². The fourth-order valence-electron chi connectivity index (χ4n) is 2.19. The third kappa shape index (κ3) is 5.34. The van der Waals surface area contributed by atoms with Gasteiger partial charge in [0.1, 0.15) is 0 Å². The van der Waals surface area contributed by atoms with Gasteiger partial charge in [-0.15, -0.1) is 0 Å². The molecule has 17 heavy (non-hydrogen) atoms. The quantitative estimate of drug-likeness (QED) is 0.759. The first-order valence-corrected chi connectivity index (χ1v) is 6.52. The minimum absolute atomic E-state index is 0.0562. The van der Waals surface area contributed by atoms with E-state index in [-0.39, 0.29) is 5.60 Å². The normalized spacial score (nSPS) is 24.0. The Morgan fingerprint density at radius 3 is 2.76 bits per heavy atom. The van der Waals surface area contributed by atoms with Crippen molar-refractivity contribution in [3.63, 3.8) is 0 Å². The summed E-state index contributed by atoms with van der Waals surface area (Å²) in [4.78, 5) is 2.36. The van der Waals surface area contributed by atoms with Gasteiger partial charge in [-0.05, 0) is 34.2 Å². The lowest BCUT2D eigenvalue weighted by atomic mass is 9.99. The molecule has 0 saturated carbocycles. The number of ether oxygens (including phenoxy) is 2. The number of rotatable bonds is 6. The predicted octanol–water partition coefficient (Wildman–Crippen LogP) is 1.11. The van der Waals surface area contributed by atoms with Crippen LogP contribution in [0.5, 0.6) is 0 Å². The van der Waals surface area contributed by atoms with E-state index in [1.165, 1.54) is 0 Å². The van der Waals surface area contributed by atoms with E-state index in [2.05, 4.69) is 38.0 Å². The Balaban J connectivity index is 2.32. The molecule has 0 radical (unpaired) electrons. The molecule has 1 aliphatic heterocycles. The van der Waals surface area contributed by atoms with E-state index in [0.717, 1.165) is 32.7 Å². The van der Waals surface area contributed by atoms with E-state index in [9.17, 15) is 0 Å². The summed E-state index contributed by atoms with van der Waals surface area (Å²) in [5.41, 5.74) is -0.0562. The molecule has 4 nitrogen and oxygen atoms in total. The fourth-order valence-corrected chi connectivity index (χ4v) is 2.19. The second-order valence-corrected chi connectivity index (χ2v) is 5.65. The highest BCUT2D eigenvalue weighted by Crippen LogP contribution is 2.18. The SMILES string of the molecule is COC(C)(C)CC(C)N(C)CC1CNCCO1. The molecule has 0 aromatic rings. The van der Waals surface area contributed by atoms with Crippen LogP contribution in [-0.4, -0.2) is 63.0 Å². The van der Waals surface area contributed by atoms with Gasteiger partial charge in [0, 0.05) is 32.8 Å². The molecule has 1 fully saturated rings. The number of hydrogen-bond donors (Lipinski definition) is 1. The van der Waals surface area contributed by atoms with Gasteiger partial charge < -0.3 is 19.7 Å². The number of likely N-dealkylation sites (N-methyl/N-ethyl adjacent to an activating group) is 1. The van der Waals surface area contributed by atoms with Gasteiger partial charge in [0.15, 0.2) is 0 Å². The summed E-state index contributed by atoms with van der Waals surface area (Å²) in [5, 5.41) is 3.36. The fraction of sp³-hybridized carbons (Fsp3) is 1.00. The van der Waals surface area contributed by atoms with Crippen molar-refractivity contribution in [2.75, 3.05) is 40.4 Å². The molecule has 2 unspecified atom stereocenters. The molecule has 0 aromatic heterocycles. The van der Waals surface area contributed by atoms with E-state index < -0.39 is 0 Å². The van der Waals surface area contributed by atoms with Gasteiger partial charge in [-0.3, -0.25) is 0 Å². The van der Waals surface area contributed by atoms with Crippen LogP contribution in [0.25, 0.3) is 0 Å². The molecule has 4 heteroatoms. The average molecular weight is 244 g/mol. The van der Waals surface area contributed by atoms with E-state index in [1.807, 2.05) is 0 Å². The van der Waals surface area contributed by atoms with Crippen molar-refractivity contribution >= 4 is 0 Å². The molecule has 1 aliphatic rings. The monoisotopic (exact) mass is 244 g/mol. The zero-order valence-electron chi connectivity index (χ0n) is 12.0. The molecule has 1 rings (SSSR count). The Bertz CT molecular complexity index is 215. The summed E-state index contributed by atoms with van der Waals surface area (Å²) in [7, 11) is 3.94. The summed E-state index contributed by atoms with van der Waals surface area (Å²) in [5.74, 6) is 0. The first-order valence-electron chi connectivity index (χ1n) is 6.52. The molecule has 102 valence electrons. The molecule has 1 saturated heterocycles. The van der Waals surface area contributed by atoms with Crippen LogP contribution in [-0.2, 0) is 9.47 Å². The van der Waals surface area contributed by atoms with Crippen LogP contribution in [0.3, 0.4) is 0 Å². The largest absolute Gasteiger partial charge is 0.379 e. The van der Waals surface area contributed by atoms with E-state index >= 15 is 0 Å². The predicted molar refractivity (Wildman–Crippen MR) is 70.4 cm³/mol. The maximum Gasteiger partial charge on any atom is 0.0826 e. The van der Waals surface area contributed by atoms with Crippen LogP contribution in [0.4, 0.5) is 0 Å². The molecule has 0 aromatic carbocycles. The van der Waals surface area contributed by atoms with Gasteiger partial charge in [-0.2, -0.15) is 0 Å². The Kier molecular flexibility index (Phi) is 5.86. The van der Waals surface area contributed by atoms with Gasteiger partial charge in [0.05, 0.1) is 18.3 Å². The number of nitrogens with one attached hydrogen (secondary N) is 1. The highest BCUT2D eigenvalue weighted by atomic mass is 16.5. The standard InChI is InChI=1S/C13H28N2O2/c1-11(8-13(2,3)16-5)15(4)10-12-9-14-6-7-17-12/h11-12,14H,6-10H2,1-5H3. The van der Waals surface area contributed by atoms with Crippen LogP contribution in [0.2, 0.25) is 0 Å². The summed E-state index contributed by atoms with van der Waals surface area (Å²) >= 11 is 0. The first-order chi connectivity index (χ1) is 7.94. The second kappa shape index (κ2) is 6.69. The first kappa shape index (κ1) is 14.9. The minimum Gasteiger partial charge on any atom is -0.379 e. The molecular weight excluding hydrogens is 216 g/mol. The molecule has 1 N–H and O–H groups in total. The molecule has 0 spiro atoms. The topological polar surface area (TPSA) is 33.7 Å². The maximum atomic E-state index is 5.72. The van der Waals surface area contributed by atoms with Crippen molar-refractivity contribution in [2.24, 2.45) is 0 Å². The highest BCUT2D eigenvalue weighted by Gasteiger charge is 2.24. The molecule has 0 aliphatic carbocycles. The lowest BCUT2D eigenvalue weighted by molar-refractivity contribution is -0.0225. The van der Waals surface area contributed by atoms with Crippen LogP contribution in [0, 0.1) is 0 Å². The minimum atomic E-state index is -0.0562. The summed E-state index contributed by atoms with van der Waals surface area (Å²) in [6.07, 6.45) is 1.35. The summed E-state index contributed by atoms with van der Waals surface area (Å²) in [6.45, 7) is 10.3. The van der Waals surface area contributed by atoms with E-state index in [1.54, 1.807) is 7.11 Å². The summed E-state index contributed by atoms with van der Waals surface area (Å²) < 4.78 is 11.2. The lowest BCUT2D eigenvalue weighted by Gasteiger charge is -2.35. The third-order valence-corrected chi connectivity index (χ3v) is 3.59. The second-order valence-electron chi connectivity index (χ2n) is 5.65. The van der Waals surface area contributed by atoms with Crippen molar-refractivity contribution in [1.29, 1.82) is 0 Å². The van der Waals surface area contributed by atoms with Gasteiger partial charge in [0.2, 0.25) is 0 Å². The Morgan fingerprint density at radius 1 is 1.53 bits per heavy atom. The molecule has 0 amide bonds. The van der Waals surface area contributed by atoms with E-state index in [4.69, 9.17) is 9.47 Å². The van der Waals surface area contributed by atoms with Crippen LogP contribution in [0.15, 0.2) is 0 Å². The van der Waals surface area contributed by atoms with Crippen molar-refractivity contribution in [1.82, 2.24) is 10.2 Å². The third-order valence-electron chi connectivity index (χ3n) is 3.59. The zero-order valence-corrected chi connectivity index (χ0v) is 12.0. The maximum absolute atomic E-state index is 5.72. The van der Waals surface area contributed by atoms with Gasteiger partial charge in [0.25, 0.3) is 0 Å². The smallest absolute Gasteiger partial charge is 0.0826 e. The van der Waals surface area contributed by atoms with Gasteiger partial charge in [-0.25, -0.2) is 0 Å². The van der Waals surface area contributed by atoms with Gasteiger partial charge >= 0.3 is 0 Å². The van der Waals surface area contributed by atoms with Gasteiger partial charge in [-0.1, -0.05) is 0 Å². The zero-order chi connectivity index (χ0) is 12.9. The van der Waals surface area contributed by atoms with Crippen LogP contribution in [0.1, 0.15) is 27.2 Å². The number of methoxy groups -OCH3 is 1. The number of nitrogens with zero attached hydrogens (tertiary/aromatic N) is 1. The Hall–Kier alpha value is -0.160. The van der Waals surface area contributed by atoms with Crippen molar-refractivity contribution in [3.05, 3.63) is 0 Å². The summed E-state index contributed by atoms with van der Waals surface area (Å²) in [6, 6.07) is 0.496. The number of hydrogen-bond acceptors (Lipinski definition) is 4. The van der Waals surface area contributed by atoms with Crippen molar-refractivity contribution < 1.29 is 9.47 Å². The van der Waals surface area contributed by atoms with Crippen LogP contribution < -0.4 is 5.32 Å². The van der Waals surface area contributed by atoms with Crippen LogP contribution >= 0.6 is 0 Å². The lowest BCUT2D eigenvalue weighted by Crippen LogP contribution is -2.47.